The van der Waals surface area contributed by atoms with E-state index >= 15 is 0 Å². The van der Waals surface area contributed by atoms with Crippen LogP contribution in [0.5, 0.6) is 5.88 Å². The van der Waals surface area contributed by atoms with Crippen molar-refractivity contribution in [3.63, 3.8) is 0 Å². The van der Waals surface area contributed by atoms with Crippen molar-refractivity contribution in [3.05, 3.63) is 40.8 Å². The Morgan fingerprint density at radius 3 is 2.79 bits per heavy atom. The third-order valence-electron chi connectivity index (χ3n) is 3.90. The van der Waals surface area contributed by atoms with Crippen LogP contribution < -0.4 is 15.0 Å². The molecule has 1 saturated heterocycles. The average molecular weight is 392 g/mol. The highest BCUT2D eigenvalue weighted by atomic mass is 79.9. The molecule has 0 aromatic carbocycles. The number of rotatable bonds is 4. The summed E-state index contributed by atoms with van der Waals surface area (Å²) in [5, 5.41) is 3.04. The van der Waals surface area contributed by atoms with Gasteiger partial charge in [0, 0.05) is 25.3 Å². The number of anilines is 1. The third-order valence-corrected chi connectivity index (χ3v) is 4.45. The molecular formula is C16H18BrN5O2. The van der Waals surface area contributed by atoms with Crippen molar-refractivity contribution >= 4 is 27.8 Å². The number of ether oxygens (including phenoxy) is 1. The summed E-state index contributed by atoms with van der Waals surface area (Å²) in [6, 6.07) is 5.45. The lowest BCUT2D eigenvalue weighted by Gasteiger charge is -2.32. The van der Waals surface area contributed by atoms with Gasteiger partial charge in [-0.2, -0.15) is 4.98 Å². The van der Waals surface area contributed by atoms with Crippen molar-refractivity contribution in [1.82, 2.24) is 20.3 Å². The first-order chi connectivity index (χ1) is 11.7. The third kappa shape index (κ3) is 3.81. The molecular weight excluding hydrogens is 374 g/mol. The minimum Gasteiger partial charge on any atom is -0.480 e. The number of methoxy groups -OCH3 is 1. The van der Waals surface area contributed by atoms with Crippen molar-refractivity contribution in [2.75, 3.05) is 25.1 Å². The van der Waals surface area contributed by atoms with Gasteiger partial charge in [0.05, 0.1) is 17.8 Å². The van der Waals surface area contributed by atoms with Crippen LogP contribution in [0, 0.1) is 0 Å². The lowest BCUT2D eigenvalue weighted by molar-refractivity contribution is 0.0926. The Morgan fingerprint density at radius 1 is 1.33 bits per heavy atom. The summed E-state index contributed by atoms with van der Waals surface area (Å²) in [4.78, 5) is 27.1. The zero-order chi connectivity index (χ0) is 16.9. The van der Waals surface area contributed by atoms with Crippen molar-refractivity contribution < 1.29 is 9.53 Å². The lowest BCUT2D eigenvalue weighted by Crippen LogP contribution is -2.45. The Balaban J connectivity index is 1.57. The molecule has 7 nitrogen and oxygen atoms in total. The number of carbonyl (C=O) groups excluding carboxylic acids is 1. The van der Waals surface area contributed by atoms with Crippen LogP contribution in [0.1, 0.15) is 23.3 Å². The summed E-state index contributed by atoms with van der Waals surface area (Å²) in [7, 11) is 1.58. The molecule has 0 bridgehead atoms. The average Bonchev–Trinajstić information content (AvgIpc) is 2.63. The van der Waals surface area contributed by atoms with Gasteiger partial charge in [0.1, 0.15) is 5.69 Å². The number of pyridine rings is 1. The maximum absolute atomic E-state index is 12.2. The minimum atomic E-state index is -0.129. The first kappa shape index (κ1) is 16.6. The van der Waals surface area contributed by atoms with Crippen LogP contribution in [0.15, 0.2) is 35.1 Å². The standard InChI is InChI=1S/C16H18BrN5O2/c1-24-15-12(17)10-19-16(21-15)22-8-5-11(6-9-22)20-14(23)13-4-2-3-7-18-13/h2-4,7,10-11H,5-6,8-9H2,1H3,(H,20,23). The summed E-state index contributed by atoms with van der Waals surface area (Å²) in [6.45, 7) is 1.55. The van der Waals surface area contributed by atoms with E-state index in [9.17, 15) is 4.79 Å². The number of amides is 1. The predicted octanol–water partition coefficient (Wildman–Crippen LogP) is 2.04. The van der Waals surface area contributed by atoms with Crippen molar-refractivity contribution in [2.24, 2.45) is 0 Å². The maximum Gasteiger partial charge on any atom is 0.270 e. The van der Waals surface area contributed by atoms with E-state index in [0.29, 0.717) is 17.5 Å². The zero-order valence-corrected chi connectivity index (χ0v) is 14.9. The smallest absolute Gasteiger partial charge is 0.270 e. The van der Waals surface area contributed by atoms with E-state index in [1.807, 2.05) is 6.07 Å². The summed E-state index contributed by atoms with van der Waals surface area (Å²) < 4.78 is 5.94. The molecule has 24 heavy (non-hydrogen) atoms. The van der Waals surface area contributed by atoms with Gasteiger partial charge in [-0.25, -0.2) is 4.98 Å². The highest BCUT2D eigenvalue weighted by Gasteiger charge is 2.23. The minimum absolute atomic E-state index is 0.129. The molecule has 3 heterocycles. The Kier molecular flexibility index (Phi) is 5.24. The van der Waals surface area contributed by atoms with Gasteiger partial charge in [-0.3, -0.25) is 9.78 Å². The first-order valence-corrected chi connectivity index (χ1v) is 8.50. The van der Waals surface area contributed by atoms with Crippen LogP contribution in [-0.4, -0.2) is 47.1 Å². The number of halogens is 1. The van der Waals surface area contributed by atoms with E-state index in [1.54, 1.807) is 31.6 Å². The van der Waals surface area contributed by atoms with Crippen LogP contribution in [0.2, 0.25) is 0 Å². The van der Waals surface area contributed by atoms with Crippen molar-refractivity contribution in [1.29, 1.82) is 0 Å². The number of hydrogen-bond acceptors (Lipinski definition) is 6. The number of nitrogens with one attached hydrogen (secondary N) is 1. The normalized spacial score (nSPS) is 15.2. The van der Waals surface area contributed by atoms with Gasteiger partial charge in [-0.05, 0) is 40.9 Å². The van der Waals surface area contributed by atoms with Crippen LogP contribution in [0.25, 0.3) is 0 Å². The first-order valence-electron chi connectivity index (χ1n) is 7.70. The van der Waals surface area contributed by atoms with Crippen LogP contribution >= 0.6 is 15.9 Å². The fourth-order valence-electron chi connectivity index (χ4n) is 2.62. The molecule has 0 atom stereocenters. The summed E-state index contributed by atoms with van der Waals surface area (Å²) >= 11 is 3.35. The molecule has 0 spiro atoms. The molecule has 1 fully saturated rings. The van der Waals surface area contributed by atoms with Gasteiger partial charge in [0.15, 0.2) is 0 Å². The molecule has 2 aromatic rings. The van der Waals surface area contributed by atoms with E-state index < -0.39 is 0 Å². The summed E-state index contributed by atoms with van der Waals surface area (Å²) in [6.07, 6.45) is 4.98. The molecule has 1 aliphatic heterocycles. The van der Waals surface area contributed by atoms with Gasteiger partial charge in [0.25, 0.3) is 5.91 Å². The number of nitrogens with zero attached hydrogens (tertiary/aromatic N) is 4. The fourth-order valence-corrected chi connectivity index (χ4v) is 2.97. The Hall–Kier alpha value is -2.22. The summed E-state index contributed by atoms with van der Waals surface area (Å²) in [5.41, 5.74) is 0.445. The molecule has 8 heteroatoms. The second-order valence-electron chi connectivity index (χ2n) is 5.48. The Labute approximate surface area is 148 Å². The molecule has 0 radical (unpaired) electrons. The number of carbonyl (C=O) groups is 1. The topological polar surface area (TPSA) is 80.2 Å². The van der Waals surface area contributed by atoms with Gasteiger partial charge >= 0.3 is 0 Å². The van der Waals surface area contributed by atoms with E-state index in [2.05, 4.69) is 41.1 Å². The largest absolute Gasteiger partial charge is 0.480 e. The molecule has 1 aliphatic rings. The molecule has 1 N–H and O–H groups in total. The highest BCUT2D eigenvalue weighted by Crippen LogP contribution is 2.25. The Bertz CT molecular complexity index is 705. The molecule has 0 aliphatic carbocycles. The van der Waals surface area contributed by atoms with E-state index in [0.717, 1.165) is 30.4 Å². The molecule has 2 aromatic heterocycles. The monoisotopic (exact) mass is 391 g/mol. The number of aromatic nitrogens is 3. The van der Waals surface area contributed by atoms with Crippen LogP contribution in [0.3, 0.4) is 0 Å². The molecule has 0 unspecified atom stereocenters. The second-order valence-corrected chi connectivity index (χ2v) is 6.33. The van der Waals surface area contributed by atoms with Crippen molar-refractivity contribution in [3.8, 4) is 5.88 Å². The second kappa shape index (κ2) is 7.57. The van der Waals surface area contributed by atoms with E-state index in [-0.39, 0.29) is 11.9 Å². The number of hydrogen-bond donors (Lipinski definition) is 1. The molecule has 0 saturated carbocycles. The molecule has 3 rings (SSSR count). The highest BCUT2D eigenvalue weighted by molar-refractivity contribution is 9.10. The van der Waals surface area contributed by atoms with Crippen LogP contribution in [-0.2, 0) is 0 Å². The summed E-state index contributed by atoms with van der Waals surface area (Å²) in [5.74, 6) is 1.03. The Morgan fingerprint density at radius 2 is 2.12 bits per heavy atom. The lowest BCUT2D eigenvalue weighted by atomic mass is 10.1. The fraction of sp³-hybridized carbons (Fsp3) is 0.375. The quantitative estimate of drug-likeness (QED) is 0.858. The zero-order valence-electron chi connectivity index (χ0n) is 13.3. The van der Waals surface area contributed by atoms with Gasteiger partial charge < -0.3 is 15.0 Å². The van der Waals surface area contributed by atoms with E-state index in [1.165, 1.54) is 0 Å². The molecule has 1 amide bonds. The number of piperidine rings is 1. The molecule has 126 valence electrons. The van der Waals surface area contributed by atoms with Gasteiger partial charge in [-0.15, -0.1) is 0 Å². The van der Waals surface area contributed by atoms with Gasteiger partial charge in [-0.1, -0.05) is 6.07 Å². The SMILES string of the molecule is COc1nc(N2CCC(NC(=O)c3ccccn3)CC2)ncc1Br. The van der Waals surface area contributed by atoms with E-state index in [4.69, 9.17) is 4.74 Å². The predicted molar refractivity (Wildman–Crippen MR) is 93.2 cm³/mol. The van der Waals surface area contributed by atoms with Crippen LogP contribution in [0.4, 0.5) is 5.95 Å². The van der Waals surface area contributed by atoms with Gasteiger partial charge in [0.2, 0.25) is 11.8 Å². The maximum atomic E-state index is 12.2. The van der Waals surface area contributed by atoms with Crippen molar-refractivity contribution in [2.45, 2.75) is 18.9 Å².